The highest BCUT2D eigenvalue weighted by Gasteiger charge is 2.22. The average molecular weight is 227 g/mol. The third-order valence-electron chi connectivity index (χ3n) is 2.23. The van der Waals surface area contributed by atoms with Gasteiger partial charge in [0.2, 0.25) is 0 Å². The topological polar surface area (TPSA) is 9.23 Å². The Morgan fingerprint density at radius 1 is 1.42 bits per heavy atom. The molecule has 1 aromatic carbocycles. The van der Waals surface area contributed by atoms with Crippen molar-refractivity contribution in [2.75, 3.05) is 13.2 Å². The summed E-state index contributed by atoms with van der Waals surface area (Å²) < 4.78 is 6.37. The molecule has 0 unspecified atom stereocenters. The third kappa shape index (κ3) is 1.41. The molecule has 0 spiro atoms. The van der Waals surface area contributed by atoms with Gasteiger partial charge in [-0.15, -0.1) is 0 Å². The fourth-order valence-corrected chi connectivity index (χ4v) is 2.20. The van der Waals surface area contributed by atoms with Gasteiger partial charge in [-0.2, -0.15) is 0 Å². The molecular weight excluding hydrogens is 216 g/mol. The van der Waals surface area contributed by atoms with E-state index in [0.717, 1.165) is 13.2 Å². The third-order valence-corrected chi connectivity index (χ3v) is 2.92. The van der Waals surface area contributed by atoms with Crippen molar-refractivity contribution in [1.29, 1.82) is 0 Å². The molecule has 0 bridgehead atoms. The maximum atomic E-state index is 5.15. The zero-order valence-electron chi connectivity index (χ0n) is 7.01. The van der Waals surface area contributed by atoms with Crippen molar-refractivity contribution < 1.29 is 4.74 Å². The summed E-state index contributed by atoms with van der Waals surface area (Å²) in [5.41, 5.74) is 2.68. The molecule has 0 aromatic heterocycles. The molecule has 2 rings (SSSR count). The van der Waals surface area contributed by atoms with E-state index in [0.29, 0.717) is 5.92 Å². The quantitative estimate of drug-likeness (QED) is 0.716. The molecule has 1 aliphatic heterocycles. The molecule has 0 radical (unpaired) electrons. The van der Waals surface area contributed by atoms with E-state index in [1.165, 1.54) is 15.6 Å². The van der Waals surface area contributed by atoms with Crippen molar-refractivity contribution in [2.45, 2.75) is 12.8 Å². The van der Waals surface area contributed by atoms with E-state index in [1.54, 1.807) is 0 Å². The van der Waals surface area contributed by atoms with Gasteiger partial charge < -0.3 is 4.74 Å². The summed E-state index contributed by atoms with van der Waals surface area (Å²) in [5.74, 6) is 0.611. The summed E-state index contributed by atoms with van der Waals surface area (Å²) >= 11 is 3.57. The average Bonchev–Trinajstić information content (AvgIpc) is 1.91. The Kier molecular flexibility index (Phi) is 2.20. The first kappa shape index (κ1) is 8.27. The van der Waals surface area contributed by atoms with Gasteiger partial charge in [0, 0.05) is 10.4 Å². The maximum Gasteiger partial charge on any atom is 0.0557 e. The van der Waals surface area contributed by atoms with Crippen LogP contribution in [0.4, 0.5) is 0 Å². The van der Waals surface area contributed by atoms with Crippen LogP contribution in [0.5, 0.6) is 0 Å². The Hall–Kier alpha value is -0.340. The largest absolute Gasteiger partial charge is 0.380 e. The van der Waals surface area contributed by atoms with Crippen molar-refractivity contribution in [3.05, 3.63) is 33.8 Å². The normalized spacial score (nSPS) is 17.5. The molecule has 0 N–H and O–H groups in total. The molecule has 0 saturated carbocycles. The van der Waals surface area contributed by atoms with Gasteiger partial charge in [0.15, 0.2) is 0 Å². The van der Waals surface area contributed by atoms with Crippen molar-refractivity contribution >= 4 is 15.9 Å². The van der Waals surface area contributed by atoms with Crippen LogP contribution in [-0.4, -0.2) is 13.2 Å². The molecule has 64 valence electrons. The predicted molar refractivity (Wildman–Crippen MR) is 52.4 cm³/mol. The number of rotatable bonds is 1. The van der Waals surface area contributed by atoms with Crippen LogP contribution < -0.4 is 0 Å². The molecule has 1 saturated heterocycles. The van der Waals surface area contributed by atoms with E-state index in [4.69, 9.17) is 4.74 Å². The van der Waals surface area contributed by atoms with Crippen molar-refractivity contribution in [2.24, 2.45) is 0 Å². The van der Waals surface area contributed by atoms with Gasteiger partial charge in [0.05, 0.1) is 13.2 Å². The minimum atomic E-state index is 0.611. The summed E-state index contributed by atoms with van der Waals surface area (Å²) in [6.45, 7) is 3.86. The fourth-order valence-electron chi connectivity index (χ4n) is 1.38. The number of hydrogen-bond acceptors (Lipinski definition) is 1. The highest BCUT2D eigenvalue weighted by atomic mass is 79.9. The molecule has 0 amide bonds. The summed E-state index contributed by atoms with van der Waals surface area (Å²) in [5, 5.41) is 0. The SMILES string of the molecule is Cc1ccc(C2COC2)c(Br)c1. The lowest BCUT2D eigenvalue weighted by molar-refractivity contribution is 0.00813. The summed E-state index contributed by atoms with van der Waals surface area (Å²) in [7, 11) is 0. The van der Waals surface area contributed by atoms with Crippen LogP contribution in [0.3, 0.4) is 0 Å². The second kappa shape index (κ2) is 3.19. The number of halogens is 1. The molecular formula is C10H11BrO. The van der Waals surface area contributed by atoms with Crippen LogP contribution >= 0.6 is 15.9 Å². The van der Waals surface area contributed by atoms with E-state index in [-0.39, 0.29) is 0 Å². The standard InChI is InChI=1S/C10H11BrO/c1-7-2-3-9(10(11)4-7)8-5-12-6-8/h2-4,8H,5-6H2,1H3. The van der Waals surface area contributed by atoms with E-state index < -0.39 is 0 Å². The van der Waals surface area contributed by atoms with Gasteiger partial charge >= 0.3 is 0 Å². The number of hydrogen-bond donors (Lipinski definition) is 0. The van der Waals surface area contributed by atoms with Crippen LogP contribution in [0.25, 0.3) is 0 Å². The molecule has 1 aliphatic rings. The zero-order valence-corrected chi connectivity index (χ0v) is 8.60. The fraction of sp³-hybridized carbons (Fsp3) is 0.400. The first-order chi connectivity index (χ1) is 5.77. The zero-order chi connectivity index (χ0) is 8.55. The van der Waals surface area contributed by atoms with E-state index in [9.17, 15) is 0 Å². The molecule has 1 nitrogen and oxygen atoms in total. The van der Waals surface area contributed by atoms with Crippen LogP contribution in [0.1, 0.15) is 17.0 Å². The van der Waals surface area contributed by atoms with Crippen LogP contribution in [-0.2, 0) is 4.74 Å². The Bertz CT molecular complexity index is 292. The van der Waals surface area contributed by atoms with Crippen LogP contribution in [0, 0.1) is 6.92 Å². The molecule has 0 atom stereocenters. The lowest BCUT2D eigenvalue weighted by atomic mass is 9.97. The van der Waals surface area contributed by atoms with Crippen LogP contribution in [0.15, 0.2) is 22.7 Å². The molecule has 0 aliphatic carbocycles. The lowest BCUT2D eigenvalue weighted by Crippen LogP contribution is -2.25. The Balaban J connectivity index is 2.31. The van der Waals surface area contributed by atoms with E-state index in [1.807, 2.05) is 0 Å². The molecule has 2 heteroatoms. The van der Waals surface area contributed by atoms with Gasteiger partial charge in [-0.25, -0.2) is 0 Å². The van der Waals surface area contributed by atoms with Gasteiger partial charge in [-0.3, -0.25) is 0 Å². The Morgan fingerprint density at radius 3 is 2.67 bits per heavy atom. The second-order valence-corrected chi connectivity index (χ2v) is 4.11. The number of benzene rings is 1. The van der Waals surface area contributed by atoms with Crippen LogP contribution in [0.2, 0.25) is 0 Å². The van der Waals surface area contributed by atoms with Gasteiger partial charge in [-0.1, -0.05) is 28.1 Å². The highest BCUT2D eigenvalue weighted by molar-refractivity contribution is 9.10. The molecule has 12 heavy (non-hydrogen) atoms. The lowest BCUT2D eigenvalue weighted by Gasteiger charge is -2.27. The summed E-state index contributed by atoms with van der Waals surface area (Å²) in [4.78, 5) is 0. The maximum absolute atomic E-state index is 5.15. The molecule has 1 fully saturated rings. The Morgan fingerprint density at radius 2 is 2.17 bits per heavy atom. The van der Waals surface area contributed by atoms with Gasteiger partial charge in [-0.05, 0) is 24.1 Å². The minimum Gasteiger partial charge on any atom is -0.380 e. The first-order valence-electron chi connectivity index (χ1n) is 4.11. The number of ether oxygens (including phenoxy) is 1. The first-order valence-corrected chi connectivity index (χ1v) is 4.90. The van der Waals surface area contributed by atoms with Crippen molar-refractivity contribution in [3.63, 3.8) is 0 Å². The van der Waals surface area contributed by atoms with Gasteiger partial charge in [0.25, 0.3) is 0 Å². The monoisotopic (exact) mass is 226 g/mol. The van der Waals surface area contributed by atoms with Gasteiger partial charge in [0.1, 0.15) is 0 Å². The minimum absolute atomic E-state index is 0.611. The van der Waals surface area contributed by atoms with E-state index >= 15 is 0 Å². The van der Waals surface area contributed by atoms with Crippen molar-refractivity contribution in [3.8, 4) is 0 Å². The molecule has 1 aromatic rings. The highest BCUT2D eigenvalue weighted by Crippen LogP contribution is 2.30. The molecule has 1 heterocycles. The smallest absolute Gasteiger partial charge is 0.0557 e. The summed E-state index contributed by atoms with van der Waals surface area (Å²) in [6.07, 6.45) is 0. The number of aryl methyl sites for hydroxylation is 1. The second-order valence-electron chi connectivity index (χ2n) is 3.26. The predicted octanol–water partition coefficient (Wildman–Crippen LogP) is 2.87. The summed E-state index contributed by atoms with van der Waals surface area (Å²) in [6, 6.07) is 6.50. The van der Waals surface area contributed by atoms with Crippen molar-refractivity contribution in [1.82, 2.24) is 0 Å². The Labute approximate surface area is 80.9 Å². The van der Waals surface area contributed by atoms with E-state index in [2.05, 4.69) is 41.1 Å².